The number of carbonyl (C=O) groups is 3. The van der Waals surface area contributed by atoms with Crippen LogP contribution in [0.15, 0.2) is 53.4 Å². The Bertz CT molecular complexity index is 868. The van der Waals surface area contributed by atoms with E-state index in [2.05, 4.69) is 10.6 Å². The van der Waals surface area contributed by atoms with Gasteiger partial charge in [-0.3, -0.25) is 14.4 Å². The van der Waals surface area contributed by atoms with Crippen molar-refractivity contribution in [1.29, 1.82) is 0 Å². The summed E-state index contributed by atoms with van der Waals surface area (Å²) in [6, 6.07) is 11.2. The first kappa shape index (κ1) is 22.4. The van der Waals surface area contributed by atoms with E-state index < -0.39 is 17.8 Å². The lowest BCUT2D eigenvalue weighted by Gasteiger charge is -2.22. The molecule has 2 rings (SSSR count). The third-order valence-electron chi connectivity index (χ3n) is 4.03. The molecule has 6 nitrogen and oxygen atoms in total. The van der Waals surface area contributed by atoms with Crippen LogP contribution in [0.5, 0.6) is 0 Å². The predicted molar refractivity (Wildman–Crippen MR) is 113 cm³/mol. The topological polar surface area (TPSA) is 78.5 Å². The quantitative estimate of drug-likeness (QED) is 0.697. The fourth-order valence-corrected chi connectivity index (χ4v) is 3.04. The molecule has 3 amide bonds. The largest absolute Gasteiger partial charge is 0.340 e. The molecule has 0 spiro atoms. The first-order valence-corrected chi connectivity index (χ1v) is 9.85. The minimum atomic E-state index is -0.767. The first-order chi connectivity index (χ1) is 13.7. The van der Waals surface area contributed by atoms with Crippen molar-refractivity contribution in [2.45, 2.75) is 24.8 Å². The van der Waals surface area contributed by atoms with Gasteiger partial charge in [0.05, 0.1) is 0 Å². The standard InChI is InChI=1S/C21H24FN3O3S/c1-13(2)18(24-19(26)14-5-7-15(22)8-6-14)20(27)23-16-9-11-17(12-10-16)29-21(28)25(3)4/h5-13,18H,1-4H3,(H,23,27)(H,24,26). The highest BCUT2D eigenvalue weighted by Crippen LogP contribution is 2.22. The number of nitrogens with zero attached hydrogens (tertiary/aromatic N) is 1. The third kappa shape index (κ3) is 6.60. The van der Waals surface area contributed by atoms with E-state index in [1.54, 1.807) is 38.4 Å². The Morgan fingerprint density at radius 1 is 0.966 bits per heavy atom. The molecule has 0 aliphatic heterocycles. The number of amides is 3. The summed E-state index contributed by atoms with van der Waals surface area (Å²) in [5.74, 6) is -1.41. The Balaban J connectivity index is 2.02. The van der Waals surface area contributed by atoms with Crippen LogP contribution in [0.25, 0.3) is 0 Å². The number of thioether (sulfide) groups is 1. The van der Waals surface area contributed by atoms with Gasteiger partial charge >= 0.3 is 0 Å². The van der Waals surface area contributed by atoms with Gasteiger partial charge in [-0.05, 0) is 66.2 Å². The molecule has 0 heterocycles. The number of hydrogen-bond acceptors (Lipinski definition) is 4. The molecule has 2 aromatic rings. The Labute approximate surface area is 173 Å². The van der Waals surface area contributed by atoms with E-state index in [9.17, 15) is 18.8 Å². The lowest BCUT2D eigenvalue weighted by molar-refractivity contribution is -0.118. The molecule has 8 heteroatoms. The van der Waals surface area contributed by atoms with Crippen LogP contribution in [0.4, 0.5) is 14.9 Å². The molecule has 2 aromatic carbocycles. The normalized spacial score (nSPS) is 11.7. The van der Waals surface area contributed by atoms with Crippen molar-refractivity contribution in [2.75, 3.05) is 19.4 Å². The van der Waals surface area contributed by atoms with Crippen molar-refractivity contribution in [1.82, 2.24) is 10.2 Å². The van der Waals surface area contributed by atoms with Crippen molar-refractivity contribution >= 4 is 34.5 Å². The van der Waals surface area contributed by atoms with Crippen molar-refractivity contribution in [3.63, 3.8) is 0 Å². The molecule has 1 atom stereocenters. The fraction of sp³-hybridized carbons (Fsp3) is 0.286. The molecule has 154 valence electrons. The molecule has 0 aliphatic rings. The SMILES string of the molecule is CC(C)C(NC(=O)c1ccc(F)cc1)C(=O)Nc1ccc(SC(=O)N(C)C)cc1. The van der Waals surface area contributed by atoms with Gasteiger partial charge in [-0.25, -0.2) is 4.39 Å². The van der Waals surface area contributed by atoms with Crippen LogP contribution in [-0.2, 0) is 4.79 Å². The maximum Gasteiger partial charge on any atom is 0.285 e. The zero-order chi connectivity index (χ0) is 21.6. The van der Waals surface area contributed by atoms with Gasteiger partial charge in [0, 0.05) is 30.2 Å². The summed E-state index contributed by atoms with van der Waals surface area (Å²) in [4.78, 5) is 39.0. The van der Waals surface area contributed by atoms with Gasteiger partial charge in [0.2, 0.25) is 5.91 Å². The Kier molecular flexibility index (Phi) is 7.78. The maximum atomic E-state index is 13.0. The fourth-order valence-electron chi connectivity index (χ4n) is 2.38. The molecule has 0 aliphatic carbocycles. The van der Waals surface area contributed by atoms with E-state index >= 15 is 0 Å². The van der Waals surface area contributed by atoms with Crippen molar-refractivity contribution in [3.8, 4) is 0 Å². The zero-order valence-corrected chi connectivity index (χ0v) is 17.5. The second-order valence-electron chi connectivity index (χ2n) is 6.98. The first-order valence-electron chi connectivity index (χ1n) is 9.04. The molecule has 0 aromatic heterocycles. The summed E-state index contributed by atoms with van der Waals surface area (Å²) >= 11 is 1.09. The number of carbonyl (C=O) groups excluding carboxylic acids is 3. The second-order valence-corrected chi connectivity index (χ2v) is 8.00. The highest BCUT2D eigenvalue weighted by molar-refractivity contribution is 8.13. The van der Waals surface area contributed by atoms with Crippen LogP contribution in [0.3, 0.4) is 0 Å². The van der Waals surface area contributed by atoms with Crippen LogP contribution < -0.4 is 10.6 Å². The predicted octanol–water partition coefficient (Wildman–Crippen LogP) is 3.99. The zero-order valence-electron chi connectivity index (χ0n) is 16.7. The molecule has 0 bridgehead atoms. The highest BCUT2D eigenvalue weighted by atomic mass is 32.2. The van der Waals surface area contributed by atoms with Crippen LogP contribution in [0.1, 0.15) is 24.2 Å². The average molecular weight is 418 g/mol. The average Bonchev–Trinajstić information content (AvgIpc) is 2.67. The molecule has 0 saturated carbocycles. The van der Waals surface area contributed by atoms with Crippen molar-refractivity contribution in [3.05, 3.63) is 59.9 Å². The molecule has 2 N–H and O–H groups in total. The molecular formula is C21H24FN3O3S. The highest BCUT2D eigenvalue weighted by Gasteiger charge is 2.25. The summed E-state index contributed by atoms with van der Waals surface area (Å²) in [5.41, 5.74) is 0.829. The van der Waals surface area contributed by atoms with E-state index in [1.165, 1.54) is 29.2 Å². The van der Waals surface area contributed by atoms with Gasteiger partial charge in [-0.15, -0.1) is 0 Å². The van der Waals surface area contributed by atoms with Gasteiger partial charge in [-0.2, -0.15) is 0 Å². The Hall–Kier alpha value is -2.87. The van der Waals surface area contributed by atoms with Crippen LogP contribution in [0.2, 0.25) is 0 Å². The van der Waals surface area contributed by atoms with Crippen LogP contribution in [0, 0.1) is 11.7 Å². The molecular weight excluding hydrogens is 393 g/mol. The number of anilines is 1. The van der Waals surface area contributed by atoms with Crippen LogP contribution in [-0.4, -0.2) is 42.1 Å². The summed E-state index contributed by atoms with van der Waals surface area (Å²) < 4.78 is 13.0. The summed E-state index contributed by atoms with van der Waals surface area (Å²) in [6.07, 6.45) is 0. The monoisotopic (exact) mass is 417 g/mol. The van der Waals surface area contributed by atoms with E-state index in [0.29, 0.717) is 5.69 Å². The van der Waals surface area contributed by atoms with Gasteiger partial charge in [0.1, 0.15) is 11.9 Å². The van der Waals surface area contributed by atoms with Crippen molar-refractivity contribution < 1.29 is 18.8 Å². The van der Waals surface area contributed by atoms with Crippen LogP contribution >= 0.6 is 11.8 Å². The van der Waals surface area contributed by atoms with E-state index in [0.717, 1.165) is 16.7 Å². The van der Waals surface area contributed by atoms with Crippen molar-refractivity contribution in [2.24, 2.45) is 5.92 Å². The summed E-state index contributed by atoms with van der Waals surface area (Å²) in [5, 5.41) is 5.38. The molecule has 29 heavy (non-hydrogen) atoms. The number of nitrogens with one attached hydrogen (secondary N) is 2. The van der Waals surface area contributed by atoms with Gasteiger partial charge < -0.3 is 15.5 Å². The van der Waals surface area contributed by atoms with Gasteiger partial charge in [0.15, 0.2) is 0 Å². The minimum Gasteiger partial charge on any atom is -0.340 e. The number of benzene rings is 2. The molecule has 0 radical (unpaired) electrons. The Morgan fingerprint density at radius 2 is 1.55 bits per heavy atom. The number of halogens is 1. The molecule has 0 fully saturated rings. The van der Waals surface area contributed by atoms with E-state index in [4.69, 9.17) is 0 Å². The number of hydrogen-bond donors (Lipinski definition) is 2. The molecule has 1 unspecified atom stereocenters. The lowest BCUT2D eigenvalue weighted by Crippen LogP contribution is -2.47. The Morgan fingerprint density at radius 3 is 2.07 bits per heavy atom. The van der Waals surface area contributed by atoms with E-state index in [-0.39, 0.29) is 22.6 Å². The lowest BCUT2D eigenvalue weighted by atomic mass is 10.0. The second kappa shape index (κ2) is 10.1. The summed E-state index contributed by atoms with van der Waals surface area (Å²) in [6.45, 7) is 3.64. The third-order valence-corrected chi connectivity index (χ3v) is 5.08. The van der Waals surface area contributed by atoms with E-state index in [1.807, 2.05) is 13.8 Å². The minimum absolute atomic E-state index is 0.0924. The van der Waals surface area contributed by atoms with Gasteiger partial charge in [0.25, 0.3) is 11.1 Å². The molecule has 0 saturated heterocycles. The van der Waals surface area contributed by atoms with Gasteiger partial charge in [-0.1, -0.05) is 13.8 Å². The maximum absolute atomic E-state index is 13.0. The summed E-state index contributed by atoms with van der Waals surface area (Å²) in [7, 11) is 3.35. The smallest absolute Gasteiger partial charge is 0.285 e. The number of rotatable bonds is 6.